The van der Waals surface area contributed by atoms with Gasteiger partial charge in [-0.3, -0.25) is 4.90 Å². The van der Waals surface area contributed by atoms with Crippen molar-refractivity contribution in [1.82, 2.24) is 9.73 Å². The summed E-state index contributed by atoms with van der Waals surface area (Å²) in [6, 6.07) is 5.42. The van der Waals surface area contributed by atoms with Gasteiger partial charge in [0, 0.05) is 0 Å². The molecule has 0 saturated carbocycles. The van der Waals surface area contributed by atoms with Gasteiger partial charge in [0.1, 0.15) is 5.75 Å². The van der Waals surface area contributed by atoms with Gasteiger partial charge in [-0.2, -0.15) is 18.4 Å². The molecule has 2 rings (SSSR count). The zero-order valence-electron chi connectivity index (χ0n) is 11.5. The molecule has 1 aliphatic rings. The van der Waals surface area contributed by atoms with Gasteiger partial charge in [-0.25, -0.2) is 4.79 Å². The molecule has 8 nitrogen and oxygen atoms in total. The lowest BCUT2D eigenvalue weighted by Crippen LogP contribution is -2.58. The number of hydrogen-bond donors (Lipinski definition) is 2. The van der Waals surface area contributed by atoms with Crippen LogP contribution in [0.3, 0.4) is 0 Å². The summed E-state index contributed by atoms with van der Waals surface area (Å²) in [4.78, 5) is 14.0. The largest absolute Gasteiger partial charge is 0.497 e. The molecule has 1 saturated heterocycles. The molecule has 0 bridgehead atoms. The van der Waals surface area contributed by atoms with Gasteiger partial charge in [0.2, 0.25) is 0 Å². The first-order valence-corrected chi connectivity index (χ1v) is 7.55. The maximum absolute atomic E-state index is 12.0. The van der Waals surface area contributed by atoms with Crippen LogP contribution >= 0.6 is 0 Å². The standard InChI is InChI=1S/C12H15N3O5S/c1-8-11(7-15(8)12(16)17)13-14-21(18,19)10-5-3-9(20-2)4-6-10/h3-6,8,14H,7H2,1-2H3,(H,16,17)/b13-11-/t8-/m0/s1. The summed E-state index contributed by atoms with van der Waals surface area (Å²) in [7, 11) is -2.29. The molecule has 1 aromatic carbocycles. The lowest BCUT2D eigenvalue weighted by atomic mass is 10.0. The Morgan fingerprint density at radius 1 is 1.43 bits per heavy atom. The number of nitrogens with one attached hydrogen (secondary N) is 1. The summed E-state index contributed by atoms with van der Waals surface area (Å²) in [6.45, 7) is 1.74. The van der Waals surface area contributed by atoms with Crippen molar-refractivity contribution >= 4 is 21.8 Å². The maximum Gasteiger partial charge on any atom is 0.408 e. The van der Waals surface area contributed by atoms with Crippen LogP contribution in [0.1, 0.15) is 6.92 Å². The molecule has 0 unspecified atom stereocenters. The Labute approximate surface area is 122 Å². The van der Waals surface area contributed by atoms with Crippen molar-refractivity contribution < 1.29 is 23.1 Å². The zero-order chi connectivity index (χ0) is 15.6. The third-order valence-corrected chi connectivity index (χ3v) is 4.43. The Hall–Kier alpha value is -2.29. The molecule has 1 aliphatic heterocycles. The fourth-order valence-corrected chi connectivity index (χ4v) is 2.64. The Balaban J connectivity index is 2.07. The van der Waals surface area contributed by atoms with E-state index in [0.717, 1.165) is 4.90 Å². The first-order chi connectivity index (χ1) is 9.85. The molecule has 21 heavy (non-hydrogen) atoms. The molecule has 114 valence electrons. The smallest absolute Gasteiger partial charge is 0.408 e. The number of carboxylic acid groups (broad SMARTS) is 1. The third kappa shape index (κ3) is 3.07. The average Bonchev–Trinajstić information content (AvgIpc) is 2.45. The number of rotatable bonds is 4. The summed E-state index contributed by atoms with van der Waals surface area (Å²) < 4.78 is 29.0. The van der Waals surface area contributed by atoms with Crippen LogP contribution in [0, 0.1) is 0 Å². The highest BCUT2D eigenvalue weighted by Crippen LogP contribution is 2.17. The van der Waals surface area contributed by atoms with Gasteiger partial charge in [0.05, 0.1) is 30.3 Å². The average molecular weight is 313 g/mol. The highest BCUT2D eigenvalue weighted by Gasteiger charge is 2.35. The highest BCUT2D eigenvalue weighted by atomic mass is 32.2. The molecule has 0 aromatic heterocycles. The van der Waals surface area contributed by atoms with Crippen molar-refractivity contribution in [1.29, 1.82) is 0 Å². The molecule has 2 N–H and O–H groups in total. The van der Waals surface area contributed by atoms with Crippen LogP contribution in [0.15, 0.2) is 34.3 Å². The fourth-order valence-electron chi connectivity index (χ4n) is 1.80. The second-order valence-electron chi connectivity index (χ2n) is 4.46. The van der Waals surface area contributed by atoms with Gasteiger partial charge < -0.3 is 9.84 Å². The molecule has 1 aromatic rings. The lowest BCUT2D eigenvalue weighted by Gasteiger charge is -2.37. The van der Waals surface area contributed by atoms with Crippen LogP contribution in [0.4, 0.5) is 4.79 Å². The Kier molecular flexibility index (Phi) is 4.03. The van der Waals surface area contributed by atoms with E-state index in [9.17, 15) is 13.2 Å². The number of amides is 1. The second-order valence-corrected chi connectivity index (χ2v) is 6.12. The number of hydrogen-bond acceptors (Lipinski definition) is 5. The Morgan fingerprint density at radius 3 is 2.52 bits per heavy atom. The predicted octanol–water partition coefficient (Wildman–Crippen LogP) is 0.712. The summed E-state index contributed by atoms with van der Waals surface area (Å²) in [5.41, 5.74) is 0.467. The second kappa shape index (κ2) is 5.60. The van der Waals surface area contributed by atoms with E-state index in [-0.39, 0.29) is 11.4 Å². The van der Waals surface area contributed by atoms with E-state index in [1.54, 1.807) is 6.92 Å². The molecule has 0 spiro atoms. The quantitative estimate of drug-likeness (QED) is 0.796. The normalized spacial score (nSPS) is 20.0. The first-order valence-electron chi connectivity index (χ1n) is 6.07. The number of likely N-dealkylation sites (tertiary alicyclic amines) is 1. The Bertz CT molecular complexity index is 669. The van der Waals surface area contributed by atoms with Crippen molar-refractivity contribution in [2.24, 2.45) is 5.10 Å². The molecule has 0 aliphatic carbocycles. The van der Waals surface area contributed by atoms with Crippen molar-refractivity contribution in [2.75, 3.05) is 13.7 Å². The highest BCUT2D eigenvalue weighted by molar-refractivity contribution is 7.89. The number of benzene rings is 1. The molecule has 0 radical (unpaired) electrons. The molecular formula is C12H15N3O5S. The minimum absolute atomic E-state index is 0.0507. The van der Waals surface area contributed by atoms with Crippen LogP contribution in [0.5, 0.6) is 5.75 Å². The molecule has 9 heteroatoms. The number of methoxy groups -OCH3 is 1. The predicted molar refractivity (Wildman–Crippen MR) is 74.9 cm³/mol. The van der Waals surface area contributed by atoms with Crippen LogP contribution in [-0.4, -0.2) is 49.9 Å². The van der Waals surface area contributed by atoms with E-state index in [0.29, 0.717) is 11.5 Å². The van der Waals surface area contributed by atoms with E-state index in [1.165, 1.54) is 31.4 Å². The molecule has 1 amide bonds. The van der Waals surface area contributed by atoms with Gasteiger partial charge >= 0.3 is 6.09 Å². The van der Waals surface area contributed by atoms with Crippen LogP contribution in [0.25, 0.3) is 0 Å². The van der Waals surface area contributed by atoms with Gasteiger partial charge in [0.25, 0.3) is 10.0 Å². The topological polar surface area (TPSA) is 108 Å². The lowest BCUT2D eigenvalue weighted by molar-refractivity contribution is 0.134. The minimum Gasteiger partial charge on any atom is -0.497 e. The number of hydrazone groups is 1. The van der Waals surface area contributed by atoms with Crippen molar-refractivity contribution in [2.45, 2.75) is 17.9 Å². The summed E-state index contributed by atoms with van der Waals surface area (Å²) in [5, 5.41) is 12.6. The van der Waals surface area contributed by atoms with Crippen LogP contribution in [-0.2, 0) is 10.0 Å². The molecule has 1 atom stereocenters. The SMILES string of the molecule is COc1ccc(S(=O)(=O)N/N=C2/CN(C(=O)O)[C@H]2C)cc1. The fraction of sp³-hybridized carbons (Fsp3) is 0.333. The van der Waals surface area contributed by atoms with E-state index in [1.807, 2.05) is 0 Å². The summed E-state index contributed by atoms with van der Waals surface area (Å²) >= 11 is 0. The van der Waals surface area contributed by atoms with Crippen molar-refractivity contribution in [3.8, 4) is 5.75 Å². The van der Waals surface area contributed by atoms with Gasteiger partial charge in [-0.05, 0) is 31.2 Å². The third-order valence-electron chi connectivity index (χ3n) is 3.21. The first kappa shape index (κ1) is 15.1. The summed E-state index contributed by atoms with van der Waals surface area (Å²) in [5.74, 6) is 0.546. The number of sulfonamides is 1. The van der Waals surface area contributed by atoms with Gasteiger partial charge in [-0.15, -0.1) is 0 Å². The van der Waals surface area contributed by atoms with Gasteiger partial charge in [0.15, 0.2) is 0 Å². The summed E-state index contributed by atoms with van der Waals surface area (Å²) in [6.07, 6.45) is -1.06. The van der Waals surface area contributed by atoms with Crippen molar-refractivity contribution in [3.05, 3.63) is 24.3 Å². The molecule has 1 fully saturated rings. The molecular weight excluding hydrogens is 298 g/mol. The maximum atomic E-state index is 12.0. The monoisotopic (exact) mass is 313 g/mol. The van der Waals surface area contributed by atoms with E-state index >= 15 is 0 Å². The number of carbonyl (C=O) groups is 1. The number of ether oxygens (including phenoxy) is 1. The van der Waals surface area contributed by atoms with Crippen LogP contribution in [0.2, 0.25) is 0 Å². The van der Waals surface area contributed by atoms with E-state index < -0.39 is 22.2 Å². The van der Waals surface area contributed by atoms with E-state index in [2.05, 4.69) is 9.93 Å². The number of nitrogens with zero attached hydrogens (tertiary/aromatic N) is 2. The van der Waals surface area contributed by atoms with Crippen molar-refractivity contribution in [3.63, 3.8) is 0 Å². The van der Waals surface area contributed by atoms with E-state index in [4.69, 9.17) is 9.84 Å². The van der Waals surface area contributed by atoms with Gasteiger partial charge in [-0.1, -0.05) is 0 Å². The zero-order valence-corrected chi connectivity index (χ0v) is 12.3. The van der Waals surface area contributed by atoms with Crippen LogP contribution < -0.4 is 9.57 Å². The molecule has 1 heterocycles. The minimum atomic E-state index is -3.78. The Morgan fingerprint density at radius 2 is 2.05 bits per heavy atom.